The molecule has 2 nitrogen and oxygen atoms in total. The predicted molar refractivity (Wildman–Crippen MR) is 99.2 cm³/mol. The van der Waals surface area contributed by atoms with Crippen LogP contribution in [0.4, 0.5) is 5.69 Å². The first-order chi connectivity index (χ1) is 10.7. The largest absolute Gasteiger partial charge is 0.345 e. The van der Waals surface area contributed by atoms with Crippen LogP contribution < -0.4 is 5.32 Å². The van der Waals surface area contributed by atoms with E-state index in [1.165, 1.54) is 17.5 Å². The van der Waals surface area contributed by atoms with Gasteiger partial charge in [-0.3, -0.25) is 0 Å². The van der Waals surface area contributed by atoms with Crippen LogP contribution in [-0.4, -0.2) is 16.6 Å². The highest BCUT2D eigenvalue weighted by atomic mass is 32.1. The number of anilines is 1. The summed E-state index contributed by atoms with van der Waals surface area (Å²) in [5, 5.41) is 4.16. The van der Waals surface area contributed by atoms with Crippen molar-refractivity contribution >= 4 is 23.0 Å². The van der Waals surface area contributed by atoms with Gasteiger partial charge in [0.05, 0.1) is 0 Å². The summed E-state index contributed by atoms with van der Waals surface area (Å²) in [6.45, 7) is 6.12. The van der Waals surface area contributed by atoms with Gasteiger partial charge in [-0.05, 0) is 48.8 Å². The summed E-state index contributed by atoms with van der Waals surface area (Å²) < 4.78 is 0. The zero-order valence-corrected chi connectivity index (χ0v) is 14.2. The summed E-state index contributed by atoms with van der Waals surface area (Å²) >= 11 is 5.63. The van der Waals surface area contributed by atoms with Crippen LogP contribution >= 0.6 is 12.2 Å². The van der Waals surface area contributed by atoms with E-state index in [2.05, 4.69) is 66.5 Å². The molecule has 0 aliphatic rings. The molecule has 0 unspecified atom stereocenters. The van der Waals surface area contributed by atoms with Crippen LogP contribution in [0.1, 0.15) is 30.9 Å². The number of unbranched alkanes of at least 4 members (excludes halogenated alkanes) is 1. The highest BCUT2D eigenvalue weighted by molar-refractivity contribution is 7.80. The van der Waals surface area contributed by atoms with Crippen LogP contribution in [-0.2, 0) is 6.54 Å². The van der Waals surface area contributed by atoms with E-state index in [-0.39, 0.29) is 0 Å². The molecule has 0 saturated heterocycles. The maximum Gasteiger partial charge on any atom is 0.173 e. The molecular formula is C19H24N2S. The zero-order chi connectivity index (χ0) is 15.8. The van der Waals surface area contributed by atoms with Gasteiger partial charge in [0.2, 0.25) is 0 Å². The number of aryl methyl sites for hydroxylation is 1. The van der Waals surface area contributed by atoms with E-state index in [1.54, 1.807) is 0 Å². The molecule has 0 heterocycles. The van der Waals surface area contributed by atoms with Crippen LogP contribution in [0.3, 0.4) is 0 Å². The van der Waals surface area contributed by atoms with Crippen LogP contribution in [0.5, 0.6) is 0 Å². The van der Waals surface area contributed by atoms with Gasteiger partial charge in [-0.15, -0.1) is 0 Å². The Morgan fingerprint density at radius 2 is 1.86 bits per heavy atom. The molecule has 0 fully saturated rings. The fraction of sp³-hybridized carbons (Fsp3) is 0.316. The van der Waals surface area contributed by atoms with Gasteiger partial charge in [-0.25, -0.2) is 0 Å². The molecule has 2 rings (SSSR count). The van der Waals surface area contributed by atoms with Gasteiger partial charge < -0.3 is 10.2 Å². The van der Waals surface area contributed by atoms with Crippen LogP contribution in [0, 0.1) is 6.92 Å². The Balaban J connectivity index is 2.05. The lowest BCUT2D eigenvalue weighted by Gasteiger charge is -2.26. The minimum atomic E-state index is 0.794. The van der Waals surface area contributed by atoms with Gasteiger partial charge in [0, 0.05) is 18.8 Å². The van der Waals surface area contributed by atoms with Crippen molar-refractivity contribution in [1.82, 2.24) is 4.90 Å². The minimum Gasteiger partial charge on any atom is -0.345 e. The van der Waals surface area contributed by atoms with Crippen LogP contribution in [0.15, 0.2) is 54.6 Å². The molecule has 0 aliphatic heterocycles. The summed E-state index contributed by atoms with van der Waals surface area (Å²) in [6, 6.07) is 18.8. The van der Waals surface area contributed by atoms with E-state index >= 15 is 0 Å². The Morgan fingerprint density at radius 1 is 1.09 bits per heavy atom. The van der Waals surface area contributed by atoms with Crippen molar-refractivity contribution in [2.75, 3.05) is 11.9 Å². The number of nitrogens with zero attached hydrogens (tertiary/aromatic N) is 1. The van der Waals surface area contributed by atoms with Crippen molar-refractivity contribution in [2.45, 2.75) is 33.2 Å². The highest BCUT2D eigenvalue weighted by Gasteiger charge is 2.10. The number of benzene rings is 2. The second-order valence-electron chi connectivity index (χ2n) is 5.56. The lowest BCUT2D eigenvalue weighted by Crippen LogP contribution is -2.35. The Kier molecular flexibility index (Phi) is 6.41. The van der Waals surface area contributed by atoms with Gasteiger partial charge in [0.25, 0.3) is 0 Å². The number of thiocarbonyl (C=S) groups is 1. The summed E-state index contributed by atoms with van der Waals surface area (Å²) in [5.74, 6) is 0. The van der Waals surface area contributed by atoms with E-state index in [9.17, 15) is 0 Å². The SMILES string of the molecule is CCCCN(Cc1ccccc1)C(=S)Nc1cccc(C)c1. The van der Waals surface area contributed by atoms with Crippen molar-refractivity contribution in [3.63, 3.8) is 0 Å². The normalized spacial score (nSPS) is 10.3. The van der Waals surface area contributed by atoms with Crippen molar-refractivity contribution in [3.8, 4) is 0 Å². The Hall–Kier alpha value is -1.87. The fourth-order valence-corrected chi connectivity index (χ4v) is 2.60. The Labute approximate surface area is 139 Å². The van der Waals surface area contributed by atoms with Gasteiger partial charge in [-0.1, -0.05) is 55.8 Å². The maximum atomic E-state index is 5.63. The first kappa shape index (κ1) is 16.5. The number of rotatable bonds is 6. The first-order valence-corrected chi connectivity index (χ1v) is 8.26. The maximum absolute atomic E-state index is 5.63. The van der Waals surface area contributed by atoms with Gasteiger partial charge >= 0.3 is 0 Å². The zero-order valence-electron chi connectivity index (χ0n) is 13.4. The first-order valence-electron chi connectivity index (χ1n) is 7.85. The quantitative estimate of drug-likeness (QED) is 0.756. The standard InChI is InChI=1S/C19H24N2S/c1-3-4-13-21(15-17-10-6-5-7-11-17)19(22)20-18-12-8-9-16(2)14-18/h5-12,14H,3-4,13,15H2,1-2H3,(H,20,22). The molecule has 0 aliphatic carbocycles. The lowest BCUT2D eigenvalue weighted by atomic mass is 10.2. The van der Waals surface area contributed by atoms with Crippen LogP contribution in [0.2, 0.25) is 0 Å². The third-order valence-electron chi connectivity index (χ3n) is 3.55. The average molecular weight is 312 g/mol. The molecule has 0 aromatic heterocycles. The third-order valence-corrected chi connectivity index (χ3v) is 3.91. The van der Waals surface area contributed by atoms with Crippen molar-refractivity contribution in [1.29, 1.82) is 0 Å². The average Bonchev–Trinajstić information content (AvgIpc) is 2.52. The summed E-state index contributed by atoms with van der Waals surface area (Å²) in [4.78, 5) is 2.25. The fourth-order valence-electron chi connectivity index (χ4n) is 2.33. The van der Waals surface area contributed by atoms with E-state index in [0.29, 0.717) is 0 Å². The highest BCUT2D eigenvalue weighted by Crippen LogP contribution is 2.13. The second-order valence-corrected chi connectivity index (χ2v) is 5.95. The number of hydrogen-bond donors (Lipinski definition) is 1. The second kappa shape index (κ2) is 8.54. The lowest BCUT2D eigenvalue weighted by molar-refractivity contribution is 0.408. The monoisotopic (exact) mass is 312 g/mol. The minimum absolute atomic E-state index is 0.794. The summed E-state index contributed by atoms with van der Waals surface area (Å²) in [6.07, 6.45) is 2.31. The van der Waals surface area contributed by atoms with E-state index in [0.717, 1.165) is 30.3 Å². The van der Waals surface area contributed by atoms with Crippen molar-refractivity contribution < 1.29 is 0 Å². The molecule has 22 heavy (non-hydrogen) atoms. The molecule has 1 N–H and O–H groups in total. The Morgan fingerprint density at radius 3 is 2.55 bits per heavy atom. The van der Waals surface area contributed by atoms with Crippen LogP contribution in [0.25, 0.3) is 0 Å². The molecule has 0 bridgehead atoms. The third kappa shape index (κ3) is 5.15. The molecule has 116 valence electrons. The van der Waals surface area contributed by atoms with Gasteiger partial charge in [0.1, 0.15) is 0 Å². The van der Waals surface area contributed by atoms with Gasteiger partial charge in [0.15, 0.2) is 5.11 Å². The number of hydrogen-bond acceptors (Lipinski definition) is 1. The molecule has 0 saturated carbocycles. The smallest absolute Gasteiger partial charge is 0.173 e. The van der Waals surface area contributed by atoms with E-state index in [1.807, 2.05) is 12.1 Å². The van der Waals surface area contributed by atoms with Gasteiger partial charge in [-0.2, -0.15) is 0 Å². The number of nitrogens with one attached hydrogen (secondary N) is 1. The molecule has 3 heteroatoms. The van der Waals surface area contributed by atoms with Crippen molar-refractivity contribution in [3.05, 3.63) is 65.7 Å². The van der Waals surface area contributed by atoms with E-state index in [4.69, 9.17) is 12.2 Å². The molecular weight excluding hydrogens is 288 g/mol. The topological polar surface area (TPSA) is 15.3 Å². The predicted octanol–water partition coefficient (Wildman–Crippen LogP) is 4.99. The van der Waals surface area contributed by atoms with Crippen molar-refractivity contribution in [2.24, 2.45) is 0 Å². The molecule has 0 amide bonds. The Bertz CT molecular complexity index is 595. The molecule has 0 spiro atoms. The molecule has 0 atom stereocenters. The molecule has 2 aromatic carbocycles. The summed E-state index contributed by atoms with van der Waals surface area (Å²) in [5.41, 5.74) is 3.57. The summed E-state index contributed by atoms with van der Waals surface area (Å²) in [7, 11) is 0. The molecule has 0 radical (unpaired) electrons. The van der Waals surface area contributed by atoms with E-state index < -0.39 is 0 Å². The molecule has 2 aromatic rings.